The third kappa shape index (κ3) is 5.34. The zero-order valence-electron chi connectivity index (χ0n) is 15.3. The monoisotopic (exact) mass is 469 g/mol. The van der Waals surface area contributed by atoms with Gasteiger partial charge in [-0.2, -0.15) is 8.42 Å². The van der Waals surface area contributed by atoms with Gasteiger partial charge >= 0.3 is 5.97 Å². The summed E-state index contributed by atoms with van der Waals surface area (Å²) < 4.78 is 38.4. The molecule has 7 nitrogen and oxygen atoms in total. The molecule has 150 valence electrons. The van der Waals surface area contributed by atoms with E-state index in [2.05, 4.69) is 15.9 Å². The Kier molecular flexibility index (Phi) is 7.22. The number of rotatable bonds is 4. The van der Waals surface area contributed by atoms with E-state index in [1.807, 2.05) is 36.4 Å². The van der Waals surface area contributed by atoms with Crippen LogP contribution in [0.3, 0.4) is 0 Å². The fraction of sp³-hybridized carbons (Fsp3) is 0.211. The smallest absolute Gasteiger partial charge is 0.340 e. The number of carbonyl (C=O) groups excluding carboxylic acids is 1. The van der Waals surface area contributed by atoms with Crippen LogP contribution in [0.1, 0.15) is 23.0 Å². The highest BCUT2D eigenvalue weighted by molar-refractivity contribution is 9.10. The zero-order valence-corrected chi connectivity index (χ0v) is 17.7. The molecule has 3 aromatic rings. The van der Waals surface area contributed by atoms with E-state index in [9.17, 15) is 18.3 Å². The summed E-state index contributed by atoms with van der Waals surface area (Å²) in [6.45, 7) is 1.74. The maximum atomic E-state index is 12.2. The first kappa shape index (κ1) is 21.9. The van der Waals surface area contributed by atoms with Crippen LogP contribution in [0.25, 0.3) is 10.9 Å². The van der Waals surface area contributed by atoms with Gasteiger partial charge in [-0.05, 0) is 35.0 Å². The van der Waals surface area contributed by atoms with Gasteiger partial charge < -0.3 is 14.4 Å². The molecule has 28 heavy (non-hydrogen) atoms. The van der Waals surface area contributed by atoms with Crippen molar-refractivity contribution in [1.82, 2.24) is 4.57 Å². The zero-order chi connectivity index (χ0) is 20.9. The number of carbonyl (C=O) groups is 1. The minimum absolute atomic E-state index is 0.0137. The van der Waals surface area contributed by atoms with Gasteiger partial charge in [-0.3, -0.25) is 4.55 Å². The summed E-state index contributed by atoms with van der Waals surface area (Å²) in [5.74, 6) is -1.54. The molecule has 2 N–H and O–H groups in total. The number of aromatic nitrogens is 1. The van der Waals surface area contributed by atoms with Crippen molar-refractivity contribution in [1.29, 1.82) is 0 Å². The molecule has 0 aliphatic rings. The Hall–Kier alpha value is -2.36. The van der Waals surface area contributed by atoms with Gasteiger partial charge in [0, 0.05) is 12.4 Å². The molecule has 0 fully saturated rings. The number of halogens is 1. The minimum atomic E-state index is -4.34. The molecule has 9 heteroatoms. The van der Waals surface area contributed by atoms with Gasteiger partial charge in [0.05, 0.1) is 27.9 Å². The predicted molar refractivity (Wildman–Crippen MR) is 110 cm³/mol. The highest BCUT2D eigenvalue weighted by Crippen LogP contribution is 2.35. The summed E-state index contributed by atoms with van der Waals surface area (Å²) in [4.78, 5) is 12.2. The summed E-state index contributed by atoms with van der Waals surface area (Å²) in [6.07, 6.45) is 0. The molecule has 0 aliphatic carbocycles. The summed E-state index contributed by atoms with van der Waals surface area (Å²) >= 11 is 3.17. The fourth-order valence-corrected chi connectivity index (χ4v) is 3.67. The highest BCUT2D eigenvalue weighted by atomic mass is 79.9. The second-order valence-electron chi connectivity index (χ2n) is 5.80. The van der Waals surface area contributed by atoms with Gasteiger partial charge in [-0.25, -0.2) is 4.79 Å². The Bertz CT molecular complexity index is 1050. The van der Waals surface area contributed by atoms with Crippen LogP contribution in [0, 0.1) is 0 Å². The van der Waals surface area contributed by atoms with E-state index in [1.54, 1.807) is 20.0 Å². The van der Waals surface area contributed by atoms with Crippen molar-refractivity contribution in [3.8, 4) is 5.75 Å². The lowest BCUT2D eigenvalue weighted by Gasteiger charge is -2.06. The summed E-state index contributed by atoms with van der Waals surface area (Å²) in [5, 5.41) is 10.2. The van der Waals surface area contributed by atoms with Crippen molar-refractivity contribution in [2.24, 2.45) is 7.05 Å². The van der Waals surface area contributed by atoms with Crippen LogP contribution < -0.4 is 0 Å². The Balaban J connectivity index is 0.000000397. The van der Waals surface area contributed by atoms with E-state index in [0.29, 0.717) is 15.4 Å². The van der Waals surface area contributed by atoms with E-state index in [1.165, 1.54) is 10.6 Å². The number of aryl methyl sites for hydroxylation is 1. The van der Waals surface area contributed by atoms with Crippen LogP contribution in [0.2, 0.25) is 0 Å². The number of fused-ring (bicyclic) bond motifs is 1. The number of hydrogen-bond donors (Lipinski definition) is 2. The van der Waals surface area contributed by atoms with Crippen molar-refractivity contribution in [2.75, 3.05) is 6.61 Å². The van der Waals surface area contributed by atoms with E-state index >= 15 is 0 Å². The molecule has 0 aliphatic heterocycles. The number of aromatic hydroxyl groups is 1. The maximum Gasteiger partial charge on any atom is 0.340 e. The molecule has 0 amide bonds. The van der Waals surface area contributed by atoms with Gasteiger partial charge in [0.2, 0.25) is 0 Å². The van der Waals surface area contributed by atoms with Gasteiger partial charge in [0.25, 0.3) is 10.1 Å². The van der Waals surface area contributed by atoms with Crippen LogP contribution in [0.15, 0.2) is 53.0 Å². The Morgan fingerprint density at radius 1 is 1.14 bits per heavy atom. The number of ether oxygens (including phenoxy) is 1. The molecule has 0 radical (unpaired) electrons. The van der Waals surface area contributed by atoms with E-state index in [0.717, 1.165) is 0 Å². The van der Waals surface area contributed by atoms with Crippen molar-refractivity contribution in [3.05, 3.63) is 64.3 Å². The van der Waals surface area contributed by atoms with Crippen LogP contribution in [-0.4, -0.2) is 35.2 Å². The van der Waals surface area contributed by atoms with Crippen LogP contribution in [0.5, 0.6) is 5.75 Å². The van der Waals surface area contributed by atoms with Gasteiger partial charge in [-0.15, -0.1) is 0 Å². The predicted octanol–water partition coefficient (Wildman–Crippen LogP) is 3.90. The molecular formula is C19H20BrNO6S. The standard InChI is InChI=1S/C13H14BrNO6S.C6H6/c1-3-21-13(17)12-7-4-11(16)8(14)5-9(7)15(2)10(12)6-22(18,19)20;1-2-4-6-5-3-1/h4-5,16H,3,6H2,1-2H3,(H,18,19,20);1-6H. The number of esters is 1. The summed E-state index contributed by atoms with van der Waals surface area (Å²) in [7, 11) is -2.78. The van der Waals surface area contributed by atoms with Crippen molar-refractivity contribution in [3.63, 3.8) is 0 Å². The third-order valence-corrected chi connectivity index (χ3v) is 5.13. The Morgan fingerprint density at radius 3 is 2.14 bits per heavy atom. The number of phenols is 1. The normalized spacial score (nSPS) is 11.0. The molecule has 0 atom stereocenters. The second kappa shape index (κ2) is 9.22. The average Bonchev–Trinajstić information content (AvgIpc) is 2.88. The van der Waals surface area contributed by atoms with Crippen molar-refractivity contribution < 1.29 is 27.6 Å². The molecule has 3 rings (SSSR count). The first-order valence-electron chi connectivity index (χ1n) is 8.27. The molecular weight excluding hydrogens is 450 g/mol. The molecule has 0 spiro atoms. The van der Waals surface area contributed by atoms with Crippen LogP contribution in [-0.2, 0) is 27.7 Å². The Labute approximate surface area is 171 Å². The van der Waals surface area contributed by atoms with E-state index in [-0.39, 0.29) is 23.6 Å². The van der Waals surface area contributed by atoms with Gasteiger partial charge in [-0.1, -0.05) is 36.4 Å². The van der Waals surface area contributed by atoms with Crippen LogP contribution >= 0.6 is 15.9 Å². The topological polar surface area (TPSA) is 106 Å². The van der Waals surface area contributed by atoms with Crippen molar-refractivity contribution >= 4 is 42.9 Å². The maximum absolute atomic E-state index is 12.2. The Morgan fingerprint density at radius 2 is 1.68 bits per heavy atom. The molecule has 0 unspecified atom stereocenters. The first-order valence-corrected chi connectivity index (χ1v) is 10.7. The number of hydrogen-bond acceptors (Lipinski definition) is 5. The SMILES string of the molecule is CCOC(=O)c1c(CS(=O)(=O)O)n(C)c2cc(Br)c(O)cc12.c1ccccc1. The number of phenolic OH excluding ortho intramolecular Hbond substituents is 1. The van der Waals surface area contributed by atoms with E-state index < -0.39 is 21.8 Å². The summed E-state index contributed by atoms with van der Waals surface area (Å²) in [6, 6.07) is 14.9. The number of benzene rings is 2. The quantitative estimate of drug-likeness (QED) is 0.443. The molecule has 2 aromatic carbocycles. The third-order valence-electron chi connectivity index (χ3n) is 3.85. The molecule has 0 saturated carbocycles. The minimum Gasteiger partial charge on any atom is -0.507 e. The lowest BCUT2D eigenvalue weighted by Crippen LogP contribution is -2.12. The number of nitrogens with zero attached hydrogens (tertiary/aromatic N) is 1. The van der Waals surface area contributed by atoms with Crippen molar-refractivity contribution in [2.45, 2.75) is 12.7 Å². The first-order chi connectivity index (χ1) is 13.2. The molecule has 0 saturated heterocycles. The van der Waals surface area contributed by atoms with E-state index in [4.69, 9.17) is 9.29 Å². The van der Waals surface area contributed by atoms with Gasteiger partial charge in [0.1, 0.15) is 11.5 Å². The molecule has 1 heterocycles. The highest BCUT2D eigenvalue weighted by Gasteiger charge is 2.26. The second-order valence-corrected chi connectivity index (χ2v) is 8.11. The fourth-order valence-electron chi connectivity index (χ4n) is 2.66. The van der Waals surface area contributed by atoms with Gasteiger partial charge in [0.15, 0.2) is 0 Å². The largest absolute Gasteiger partial charge is 0.507 e. The van der Waals surface area contributed by atoms with Crippen LogP contribution in [0.4, 0.5) is 0 Å². The summed E-state index contributed by atoms with van der Waals surface area (Å²) in [5.41, 5.74) is 0.625. The average molecular weight is 470 g/mol. The molecule has 0 bridgehead atoms. The molecule has 1 aromatic heterocycles. The lowest BCUT2D eigenvalue weighted by molar-refractivity contribution is 0.0527. The lowest BCUT2D eigenvalue weighted by atomic mass is 10.1.